The predicted octanol–water partition coefficient (Wildman–Crippen LogP) is 2.97. The maximum atomic E-state index is 12.1. The smallest absolute Gasteiger partial charge is 0.232 e. The van der Waals surface area contributed by atoms with E-state index in [2.05, 4.69) is 34.4 Å². The molecule has 2 aromatic rings. The molecule has 126 valence electrons. The van der Waals surface area contributed by atoms with Crippen LogP contribution >= 0.6 is 0 Å². The van der Waals surface area contributed by atoms with Crippen LogP contribution < -0.4 is 0 Å². The SMILES string of the molecule is O=C1C[C@@H](c2nc(CCCc3ccccc3)no2)CN1CC1CC1. The van der Waals surface area contributed by atoms with Crippen LogP contribution in [0.3, 0.4) is 0 Å². The standard InChI is InChI=1S/C19H23N3O2/c23-18-11-16(13-22(18)12-15-9-10-15)19-20-17(21-24-19)8-4-7-14-5-2-1-3-6-14/h1-3,5-6,15-16H,4,7-13H2/t16-/m1/s1. The van der Waals surface area contributed by atoms with Gasteiger partial charge < -0.3 is 9.42 Å². The normalized spacial score (nSPS) is 20.8. The molecule has 1 aromatic carbocycles. The highest BCUT2D eigenvalue weighted by molar-refractivity contribution is 5.79. The second kappa shape index (κ2) is 6.75. The number of carbonyl (C=O) groups excluding carboxylic acids is 1. The van der Waals surface area contributed by atoms with Gasteiger partial charge in [0.25, 0.3) is 0 Å². The minimum atomic E-state index is 0.0756. The number of amides is 1. The average Bonchev–Trinajstić information content (AvgIpc) is 3.16. The Bertz CT molecular complexity index is 694. The molecule has 1 amide bonds. The number of aromatic nitrogens is 2. The molecule has 24 heavy (non-hydrogen) atoms. The van der Waals surface area contributed by atoms with E-state index >= 15 is 0 Å². The first-order chi connectivity index (χ1) is 11.8. The second-order valence-electron chi connectivity index (χ2n) is 7.03. The highest BCUT2D eigenvalue weighted by Crippen LogP contribution is 2.34. The van der Waals surface area contributed by atoms with Gasteiger partial charge in [-0.2, -0.15) is 4.98 Å². The van der Waals surface area contributed by atoms with Crippen LogP contribution in [0.2, 0.25) is 0 Å². The van der Waals surface area contributed by atoms with Crippen molar-refractivity contribution in [2.24, 2.45) is 5.92 Å². The lowest BCUT2D eigenvalue weighted by Gasteiger charge is -2.14. The Labute approximate surface area is 142 Å². The first-order valence-corrected chi connectivity index (χ1v) is 8.92. The molecule has 0 spiro atoms. The molecule has 2 heterocycles. The Morgan fingerprint density at radius 3 is 2.79 bits per heavy atom. The number of carbonyl (C=O) groups is 1. The third-order valence-corrected chi connectivity index (χ3v) is 4.93. The number of likely N-dealkylation sites (tertiary alicyclic amines) is 1. The van der Waals surface area contributed by atoms with E-state index in [1.807, 2.05) is 11.0 Å². The van der Waals surface area contributed by atoms with Gasteiger partial charge in [-0.3, -0.25) is 4.79 Å². The summed E-state index contributed by atoms with van der Waals surface area (Å²) in [6, 6.07) is 10.4. The molecule has 0 unspecified atom stereocenters. The summed E-state index contributed by atoms with van der Waals surface area (Å²) in [6.45, 7) is 1.65. The average molecular weight is 325 g/mol. The first kappa shape index (κ1) is 15.4. The lowest BCUT2D eigenvalue weighted by Crippen LogP contribution is -2.27. The summed E-state index contributed by atoms with van der Waals surface area (Å²) in [7, 11) is 0. The first-order valence-electron chi connectivity index (χ1n) is 8.92. The van der Waals surface area contributed by atoms with Gasteiger partial charge in [0.2, 0.25) is 11.8 Å². The van der Waals surface area contributed by atoms with Gasteiger partial charge in [-0.05, 0) is 37.2 Å². The highest BCUT2D eigenvalue weighted by atomic mass is 16.5. The summed E-state index contributed by atoms with van der Waals surface area (Å²) in [5.41, 5.74) is 1.33. The number of hydrogen-bond donors (Lipinski definition) is 0. The maximum Gasteiger partial charge on any atom is 0.232 e. The minimum Gasteiger partial charge on any atom is -0.342 e. The molecule has 1 aliphatic heterocycles. The Hall–Kier alpha value is -2.17. The van der Waals surface area contributed by atoms with Crippen molar-refractivity contribution in [3.05, 3.63) is 47.6 Å². The van der Waals surface area contributed by atoms with Gasteiger partial charge in [0, 0.05) is 25.9 Å². The highest BCUT2D eigenvalue weighted by Gasteiger charge is 2.36. The van der Waals surface area contributed by atoms with Crippen LogP contribution in [-0.4, -0.2) is 34.0 Å². The molecule has 5 heteroatoms. The summed E-state index contributed by atoms with van der Waals surface area (Å²) in [6.07, 6.45) is 5.87. The van der Waals surface area contributed by atoms with Crippen LogP contribution in [0.1, 0.15) is 48.9 Å². The van der Waals surface area contributed by atoms with Crippen LogP contribution in [0.25, 0.3) is 0 Å². The fourth-order valence-electron chi connectivity index (χ4n) is 3.36. The maximum absolute atomic E-state index is 12.1. The van der Waals surface area contributed by atoms with E-state index in [1.54, 1.807) is 0 Å². The van der Waals surface area contributed by atoms with E-state index in [0.29, 0.717) is 12.3 Å². The fraction of sp³-hybridized carbons (Fsp3) is 0.526. The van der Waals surface area contributed by atoms with Gasteiger partial charge in [0.1, 0.15) is 0 Å². The lowest BCUT2D eigenvalue weighted by molar-refractivity contribution is -0.127. The quantitative estimate of drug-likeness (QED) is 0.785. The minimum absolute atomic E-state index is 0.0756. The lowest BCUT2D eigenvalue weighted by atomic mass is 10.1. The Morgan fingerprint density at radius 2 is 2.00 bits per heavy atom. The van der Waals surface area contributed by atoms with Gasteiger partial charge in [0.15, 0.2) is 5.82 Å². The zero-order valence-electron chi connectivity index (χ0n) is 13.9. The van der Waals surface area contributed by atoms with Crippen LogP contribution in [-0.2, 0) is 17.6 Å². The molecule has 1 saturated heterocycles. The van der Waals surface area contributed by atoms with E-state index in [-0.39, 0.29) is 11.8 Å². The van der Waals surface area contributed by atoms with E-state index in [9.17, 15) is 4.79 Å². The van der Waals surface area contributed by atoms with Crippen molar-refractivity contribution in [2.45, 2.75) is 44.4 Å². The van der Waals surface area contributed by atoms with Gasteiger partial charge in [-0.25, -0.2) is 0 Å². The Kier molecular flexibility index (Phi) is 4.32. The second-order valence-corrected chi connectivity index (χ2v) is 7.03. The Balaban J connectivity index is 1.29. The predicted molar refractivity (Wildman–Crippen MR) is 89.4 cm³/mol. The third kappa shape index (κ3) is 3.66. The molecule has 1 saturated carbocycles. The number of benzene rings is 1. The van der Waals surface area contributed by atoms with Gasteiger partial charge in [0.05, 0.1) is 5.92 Å². The van der Waals surface area contributed by atoms with Crippen molar-refractivity contribution >= 4 is 5.91 Å². The topological polar surface area (TPSA) is 59.2 Å². The van der Waals surface area contributed by atoms with Crippen molar-refractivity contribution in [3.63, 3.8) is 0 Å². The molecule has 0 bridgehead atoms. The van der Waals surface area contributed by atoms with Crippen molar-refractivity contribution in [2.75, 3.05) is 13.1 Å². The van der Waals surface area contributed by atoms with Crippen LogP contribution in [0.4, 0.5) is 0 Å². The summed E-state index contributed by atoms with van der Waals surface area (Å²) < 4.78 is 5.43. The molecule has 4 rings (SSSR count). The molecule has 2 aliphatic rings. The number of nitrogens with zero attached hydrogens (tertiary/aromatic N) is 3. The number of aryl methyl sites for hydroxylation is 2. The molecule has 1 atom stereocenters. The van der Waals surface area contributed by atoms with E-state index < -0.39 is 0 Å². The molecule has 5 nitrogen and oxygen atoms in total. The van der Waals surface area contributed by atoms with Crippen molar-refractivity contribution in [3.8, 4) is 0 Å². The van der Waals surface area contributed by atoms with Crippen LogP contribution in [0.15, 0.2) is 34.9 Å². The van der Waals surface area contributed by atoms with Crippen LogP contribution in [0.5, 0.6) is 0 Å². The van der Waals surface area contributed by atoms with Gasteiger partial charge in [-0.15, -0.1) is 0 Å². The molecular weight excluding hydrogens is 302 g/mol. The zero-order valence-corrected chi connectivity index (χ0v) is 13.9. The van der Waals surface area contributed by atoms with Gasteiger partial charge in [-0.1, -0.05) is 35.5 Å². The molecule has 0 radical (unpaired) electrons. The third-order valence-electron chi connectivity index (χ3n) is 4.93. The summed E-state index contributed by atoms with van der Waals surface area (Å²) in [5.74, 6) is 2.43. The van der Waals surface area contributed by atoms with E-state index in [1.165, 1.54) is 18.4 Å². The summed E-state index contributed by atoms with van der Waals surface area (Å²) >= 11 is 0. The Morgan fingerprint density at radius 1 is 1.17 bits per heavy atom. The fourth-order valence-corrected chi connectivity index (χ4v) is 3.36. The summed E-state index contributed by atoms with van der Waals surface area (Å²) in [5, 5.41) is 4.10. The zero-order chi connectivity index (χ0) is 16.4. The summed E-state index contributed by atoms with van der Waals surface area (Å²) in [4.78, 5) is 18.6. The molecule has 2 fully saturated rings. The van der Waals surface area contributed by atoms with Crippen molar-refractivity contribution in [1.29, 1.82) is 0 Å². The van der Waals surface area contributed by atoms with Crippen molar-refractivity contribution < 1.29 is 9.32 Å². The largest absolute Gasteiger partial charge is 0.342 e. The van der Waals surface area contributed by atoms with E-state index in [0.717, 1.165) is 44.1 Å². The molecule has 1 aliphatic carbocycles. The number of hydrogen-bond acceptors (Lipinski definition) is 4. The number of rotatable bonds is 7. The monoisotopic (exact) mass is 325 g/mol. The molecular formula is C19H23N3O2. The molecule has 1 aromatic heterocycles. The molecule has 0 N–H and O–H groups in total. The van der Waals surface area contributed by atoms with Crippen LogP contribution in [0, 0.1) is 5.92 Å². The van der Waals surface area contributed by atoms with Crippen molar-refractivity contribution in [1.82, 2.24) is 15.0 Å². The van der Waals surface area contributed by atoms with Gasteiger partial charge >= 0.3 is 0 Å². The van der Waals surface area contributed by atoms with E-state index in [4.69, 9.17) is 4.52 Å².